The minimum atomic E-state index is -1.34. The number of aromatic nitrogens is 2. The molecule has 176 valence electrons. The van der Waals surface area contributed by atoms with Crippen LogP contribution in [0.25, 0.3) is 16.8 Å². The van der Waals surface area contributed by atoms with Crippen LogP contribution in [-0.2, 0) is 9.53 Å². The Hall–Kier alpha value is -3.91. The molecule has 4 aromatic rings. The van der Waals surface area contributed by atoms with Gasteiger partial charge in [-0.1, -0.05) is 64.5 Å². The smallest absolute Gasteiger partial charge is 0.408 e. The normalized spacial score (nSPS) is 13.1. The highest BCUT2D eigenvalue weighted by Crippen LogP contribution is 2.44. The highest BCUT2D eigenvalue weighted by molar-refractivity contribution is 9.10. The van der Waals surface area contributed by atoms with Crippen LogP contribution in [0.2, 0.25) is 0 Å². The molecule has 0 fully saturated rings. The van der Waals surface area contributed by atoms with E-state index in [1.165, 1.54) is 6.20 Å². The van der Waals surface area contributed by atoms with E-state index < -0.39 is 18.1 Å². The van der Waals surface area contributed by atoms with E-state index in [1.54, 1.807) is 11.5 Å². The van der Waals surface area contributed by atoms with Crippen molar-refractivity contribution >= 4 is 28.0 Å². The molecule has 0 aliphatic heterocycles. The van der Waals surface area contributed by atoms with Crippen molar-refractivity contribution in [3.05, 3.63) is 106 Å². The van der Waals surface area contributed by atoms with Crippen molar-refractivity contribution in [1.82, 2.24) is 14.9 Å². The lowest BCUT2D eigenvalue weighted by atomic mass is 9.98. The van der Waals surface area contributed by atoms with E-state index in [0.717, 1.165) is 32.4 Å². The maximum Gasteiger partial charge on any atom is 0.408 e. The fourth-order valence-corrected chi connectivity index (χ4v) is 4.88. The number of nitrogens with zero attached hydrogens (tertiary/aromatic N) is 2. The molecular formula is C27H22BrN3O4. The maximum absolute atomic E-state index is 12.8. The lowest BCUT2D eigenvalue weighted by Gasteiger charge is -2.19. The minimum absolute atomic E-state index is 0.0944. The molecule has 7 nitrogen and oxygen atoms in total. The summed E-state index contributed by atoms with van der Waals surface area (Å²) >= 11 is 3.40. The van der Waals surface area contributed by atoms with Gasteiger partial charge in [-0.3, -0.25) is 4.57 Å². The SMILES string of the molecule is Cc1ncc(C(NC(=O)OCC2c3ccccc3-c3ccccc32)C(=O)O)n1-c1ccc(Br)cc1. The van der Waals surface area contributed by atoms with Crippen molar-refractivity contribution in [3.63, 3.8) is 0 Å². The second-order valence-electron chi connectivity index (χ2n) is 8.28. The number of carboxylic acid groups (broad SMARTS) is 1. The summed E-state index contributed by atoms with van der Waals surface area (Å²) in [6, 6.07) is 22.1. The van der Waals surface area contributed by atoms with E-state index in [0.29, 0.717) is 11.5 Å². The summed E-state index contributed by atoms with van der Waals surface area (Å²) in [7, 11) is 0. The van der Waals surface area contributed by atoms with Crippen molar-refractivity contribution in [3.8, 4) is 16.8 Å². The number of nitrogens with one attached hydrogen (secondary N) is 1. The van der Waals surface area contributed by atoms with Crippen LogP contribution in [0.4, 0.5) is 4.79 Å². The molecule has 35 heavy (non-hydrogen) atoms. The second kappa shape index (κ2) is 9.38. The molecule has 0 radical (unpaired) electrons. The lowest BCUT2D eigenvalue weighted by Crippen LogP contribution is -2.36. The number of ether oxygens (including phenoxy) is 1. The van der Waals surface area contributed by atoms with Gasteiger partial charge in [0.1, 0.15) is 12.4 Å². The van der Waals surface area contributed by atoms with Crippen LogP contribution in [0.1, 0.15) is 34.6 Å². The van der Waals surface area contributed by atoms with Gasteiger partial charge in [-0.2, -0.15) is 0 Å². The number of carbonyl (C=O) groups excluding carboxylic acids is 1. The van der Waals surface area contributed by atoms with Gasteiger partial charge >= 0.3 is 12.1 Å². The van der Waals surface area contributed by atoms with Gasteiger partial charge in [-0.15, -0.1) is 0 Å². The fourth-order valence-electron chi connectivity index (χ4n) is 4.61. The molecule has 1 atom stereocenters. The van der Waals surface area contributed by atoms with E-state index >= 15 is 0 Å². The largest absolute Gasteiger partial charge is 0.479 e. The summed E-state index contributed by atoms with van der Waals surface area (Å²) < 4.78 is 8.16. The van der Waals surface area contributed by atoms with E-state index in [4.69, 9.17) is 4.74 Å². The van der Waals surface area contributed by atoms with Crippen molar-refractivity contribution in [2.45, 2.75) is 18.9 Å². The third-order valence-corrected chi connectivity index (χ3v) is 6.73. The van der Waals surface area contributed by atoms with Crippen LogP contribution < -0.4 is 5.32 Å². The predicted molar refractivity (Wildman–Crippen MR) is 135 cm³/mol. The molecule has 0 saturated carbocycles. The number of carboxylic acids is 1. The zero-order valence-corrected chi connectivity index (χ0v) is 20.4. The van der Waals surface area contributed by atoms with Crippen molar-refractivity contribution in [2.24, 2.45) is 0 Å². The summed E-state index contributed by atoms with van der Waals surface area (Å²) in [6.45, 7) is 1.87. The number of imidazole rings is 1. The Labute approximate surface area is 210 Å². The quantitative estimate of drug-likeness (QED) is 0.337. The number of halogens is 1. The number of carbonyl (C=O) groups is 2. The van der Waals surface area contributed by atoms with Crippen LogP contribution in [0.3, 0.4) is 0 Å². The summed E-state index contributed by atoms with van der Waals surface area (Å²) in [4.78, 5) is 29.2. The number of aryl methyl sites for hydroxylation is 1. The van der Waals surface area contributed by atoms with Crippen molar-refractivity contribution in [1.29, 1.82) is 0 Å². The van der Waals surface area contributed by atoms with Gasteiger partial charge in [0.25, 0.3) is 0 Å². The van der Waals surface area contributed by atoms with Gasteiger partial charge in [-0.25, -0.2) is 14.6 Å². The monoisotopic (exact) mass is 531 g/mol. The number of amides is 1. The number of fused-ring (bicyclic) bond motifs is 3. The highest BCUT2D eigenvalue weighted by Gasteiger charge is 2.31. The topological polar surface area (TPSA) is 93.4 Å². The summed E-state index contributed by atoms with van der Waals surface area (Å²) in [6.07, 6.45) is 0.653. The summed E-state index contributed by atoms with van der Waals surface area (Å²) in [5.74, 6) is -0.730. The molecule has 2 N–H and O–H groups in total. The molecule has 1 amide bonds. The number of hydrogen-bond donors (Lipinski definition) is 2. The first kappa shape index (κ1) is 22.9. The molecule has 1 unspecified atom stereocenters. The molecular weight excluding hydrogens is 510 g/mol. The third-order valence-electron chi connectivity index (χ3n) is 6.20. The van der Waals surface area contributed by atoms with Crippen LogP contribution in [-0.4, -0.2) is 33.3 Å². The maximum atomic E-state index is 12.8. The number of aliphatic carboxylic acids is 1. The molecule has 1 heterocycles. The number of rotatable bonds is 6. The van der Waals surface area contributed by atoms with Gasteiger partial charge in [0.2, 0.25) is 0 Å². The van der Waals surface area contributed by atoms with Crippen LogP contribution in [0, 0.1) is 6.92 Å². The van der Waals surface area contributed by atoms with Gasteiger partial charge in [0.15, 0.2) is 6.04 Å². The molecule has 0 spiro atoms. The Morgan fingerprint density at radius 3 is 2.23 bits per heavy atom. The van der Waals surface area contributed by atoms with E-state index in [-0.39, 0.29) is 12.5 Å². The van der Waals surface area contributed by atoms with E-state index in [9.17, 15) is 14.7 Å². The Morgan fingerprint density at radius 1 is 1.03 bits per heavy atom. The fraction of sp³-hybridized carbons (Fsp3) is 0.148. The molecule has 5 rings (SSSR count). The predicted octanol–water partition coefficient (Wildman–Crippen LogP) is 5.61. The molecule has 0 bridgehead atoms. The van der Waals surface area contributed by atoms with E-state index in [2.05, 4.69) is 38.4 Å². The molecule has 1 aliphatic rings. The number of alkyl carbamates (subject to hydrolysis) is 1. The van der Waals surface area contributed by atoms with E-state index in [1.807, 2.05) is 60.7 Å². The number of hydrogen-bond acceptors (Lipinski definition) is 4. The average Bonchev–Trinajstić information content (AvgIpc) is 3.39. The van der Waals surface area contributed by atoms with Crippen LogP contribution in [0.5, 0.6) is 0 Å². The van der Waals surface area contributed by atoms with Gasteiger partial charge < -0.3 is 15.2 Å². The van der Waals surface area contributed by atoms with Gasteiger partial charge in [0.05, 0.1) is 11.9 Å². The molecule has 0 saturated heterocycles. The summed E-state index contributed by atoms with van der Waals surface area (Å²) in [5.41, 5.74) is 5.47. The number of benzene rings is 3. The van der Waals surface area contributed by atoms with Crippen LogP contribution >= 0.6 is 15.9 Å². The second-order valence-corrected chi connectivity index (χ2v) is 9.20. The van der Waals surface area contributed by atoms with Crippen molar-refractivity contribution in [2.75, 3.05) is 6.61 Å². The Balaban J connectivity index is 1.35. The third kappa shape index (κ3) is 4.33. The first-order valence-electron chi connectivity index (χ1n) is 11.1. The zero-order chi connectivity index (χ0) is 24.5. The standard InChI is InChI=1S/C27H22BrN3O4/c1-16-29-14-24(31(16)18-12-10-17(28)11-13-18)25(26(32)33)30-27(34)35-15-23-21-8-4-2-6-19(21)20-7-3-5-9-22(20)23/h2-14,23,25H,15H2,1H3,(H,30,34)(H,32,33). The Morgan fingerprint density at radius 2 is 1.63 bits per heavy atom. The first-order valence-corrected chi connectivity index (χ1v) is 11.9. The average molecular weight is 532 g/mol. The molecule has 3 aromatic carbocycles. The van der Waals surface area contributed by atoms with Gasteiger partial charge in [-0.05, 0) is 53.4 Å². The minimum Gasteiger partial charge on any atom is -0.479 e. The van der Waals surface area contributed by atoms with Crippen molar-refractivity contribution < 1.29 is 19.4 Å². The zero-order valence-electron chi connectivity index (χ0n) is 18.8. The molecule has 1 aliphatic carbocycles. The lowest BCUT2D eigenvalue weighted by molar-refractivity contribution is -0.139. The molecule has 1 aromatic heterocycles. The van der Waals surface area contributed by atoms with Gasteiger partial charge in [0, 0.05) is 16.1 Å². The first-order chi connectivity index (χ1) is 16.9. The highest BCUT2D eigenvalue weighted by atomic mass is 79.9. The summed E-state index contributed by atoms with van der Waals surface area (Å²) in [5, 5.41) is 12.4. The molecule has 8 heteroatoms. The Kier molecular flexibility index (Phi) is 6.13. The Bertz CT molecular complexity index is 1370. The van der Waals surface area contributed by atoms with Crippen LogP contribution in [0.15, 0.2) is 83.5 Å².